The molecule has 16 heavy (non-hydrogen) atoms. The highest BCUT2D eigenvalue weighted by Gasteiger charge is 2.38. The fraction of sp³-hybridized carbons (Fsp3) is 0.600. The van der Waals surface area contributed by atoms with Gasteiger partial charge in [-0.2, -0.15) is 0 Å². The molecule has 0 radical (unpaired) electrons. The van der Waals surface area contributed by atoms with Gasteiger partial charge in [0.05, 0.1) is 0 Å². The smallest absolute Gasteiger partial charge is 0.0102 e. The average molecular weight is 215 g/mol. The molecule has 0 N–H and O–H groups in total. The molecule has 0 aromatic heterocycles. The maximum atomic E-state index is 2.62. The molecule has 0 aliphatic carbocycles. The second-order valence-electron chi connectivity index (χ2n) is 5.63. The van der Waals surface area contributed by atoms with E-state index in [0.717, 1.165) is 18.0 Å². The Balaban J connectivity index is 1.80. The zero-order valence-electron chi connectivity index (χ0n) is 10.3. The number of fused-ring (bicyclic) bond motifs is 2. The maximum absolute atomic E-state index is 2.62. The number of rotatable bonds is 1. The predicted molar refractivity (Wildman–Crippen MR) is 67.7 cm³/mol. The van der Waals surface area contributed by atoms with Crippen molar-refractivity contribution < 1.29 is 0 Å². The van der Waals surface area contributed by atoms with E-state index in [1.165, 1.54) is 31.2 Å². The Labute approximate surface area is 98.5 Å². The van der Waals surface area contributed by atoms with Gasteiger partial charge in [-0.05, 0) is 51.1 Å². The van der Waals surface area contributed by atoms with Crippen LogP contribution in [0.15, 0.2) is 24.3 Å². The summed E-state index contributed by atoms with van der Waals surface area (Å²) < 4.78 is 0. The minimum Gasteiger partial charge on any atom is -0.300 e. The first-order chi connectivity index (χ1) is 7.74. The van der Waals surface area contributed by atoms with Crippen LogP contribution < -0.4 is 0 Å². The highest BCUT2D eigenvalue weighted by atomic mass is 15.2. The van der Waals surface area contributed by atoms with Gasteiger partial charge < -0.3 is 4.90 Å². The average Bonchev–Trinajstić information content (AvgIpc) is 2.54. The number of benzene rings is 1. The molecule has 2 bridgehead atoms. The van der Waals surface area contributed by atoms with Crippen molar-refractivity contribution in [1.82, 2.24) is 4.90 Å². The lowest BCUT2D eigenvalue weighted by Gasteiger charge is -2.36. The molecule has 2 unspecified atom stereocenters. The molecule has 1 aromatic rings. The van der Waals surface area contributed by atoms with Crippen molar-refractivity contribution in [3.05, 3.63) is 35.4 Å². The van der Waals surface area contributed by atoms with Gasteiger partial charge in [0.25, 0.3) is 0 Å². The van der Waals surface area contributed by atoms with Crippen molar-refractivity contribution in [3.63, 3.8) is 0 Å². The molecule has 2 aliphatic rings. The van der Waals surface area contributed by atoms with Crippen molar-refractivity contribution in [2.45, 2.75) is 50.6 Å². The fourth-order valence-electron chi connectivity index (χ4n) is 3.52. The Bertz CT molecular complexity index is 354. The summed E-state index contributed by atoms with van der Waals surface area (Å²) >= 11 is 0. The third-order valence-corrected chi connectivity index (χ3v) is 4.65. The van der Waals surface area contributed by atoms with Gasteiger partial charge in [0.1, 0.15) is 0 Å². The first-order valence-corrected chi connectivity index (χ1v) is 6.52. The van der Waals surface area contributed by atoms with Gasteiger partial charge in [-0.15, -0.1) is 0 Å². The number of hydrogen-bond acceptors (Lipinski definition) is 1. The maximum Gasteiger partial charge on any atom is 0.0102 e. The van der Waals surface area contributed by atoms with Crippen LogP contribution in [0.4, 0.5) is 0 Å². The second-order valence-corrected chi connectivity index (χ2v) is 5.63. The predicted octanol–water partition coefficient (Wildman–Crippen LogP) is 3.34. The Hall–Kier alpha value is -0.820. The van der Waals surface area contributed by atoms with E-state index in [0.29, 0.717) is 0 Å². The van der Waals surface area contributed by atoms with Gasteiger partial charge >= 0.3 is 0 Å². The lowest BCUT2D eigenvalue weighted by atomic mass is 9.85. The molecular formula is C15H21N. The van der Waals surface area contributed by atoms with E-state index in [4.69, 9.17) is 0 Å². The SMILES string of the molecule is Cc1ccc(C2CC3CC[C@H](C2)N3C)cc1. The number of piperidine rings is 1. The number of aryl methyl sites for hydroxylation is 1. The van der Waals surface area contributed by atoms with Gasteiger partial charge in [0.15, 0.2) is 0 Å². The molecule has 2 fully saturated rings. The third-order valence-electron chi connectivity index (χ3n) is 4.65. The minimum atomic E-state index is 0.814. The molecule has 0 amide bonds. The highest BCUT2D eigenvalue weighted by molar-refractivity contribution is 5.26. The molecule has 0 spiro atoms. The van der Waals surface area contributed by atoms with Crippen LogP contribution in [0.2, 0.25) is 0 Å². The van der Waals surface area contributed by atoms with E-state index in [2.05, 4.69) is 43.1 Å². The van der Waals surface area contributed by atoms with Crippen molar-refractivity contribution in [2.75, 3.05) is 7.05 Å². The van der Waals surface area contributed by atoms with E-state index in [-0.39, 0.29) is 0 Å². The molecule has 1 nitrogen and oxygen atoms in total. The summed E-state index contributed by atoms with van der Waals surface area (Å²) in [6, 6.07) is 10.9. The van der Waals surface area contributed by atoms with Gasteiger partial charge in [-0.3, -0.25) is 0 Å². The van der Waals surface area contributed by atoms with Gasteiger partial charge in [-0.1, -0.05) is 29.8 Å². The van der Waals surface area contributed by atoms with Crippen LogP contribution in [0.1, 0.15) is 42.7 Å². The Morgan fingerprint density at radius 3 is 2.12 bits per heavy atom. The number of hydrogen-bond donors (Lipinski definition) is 0. The summed E-state index contributed by atoms with van der Waals surface area (Å²) in [5.74, 6) is 0.814. The van der Waals surface area contributed by atoms with Gasteiger partial charge in [-0.25, -0.2) is 0 Å². The van der Waals surface area contributed by atoms with Crippen LogP contribution in [0.3, 0.4) is 0 Å². The summed E-state index contributed by atoms with van der Waals surface area (Å²) in [7, 11) is 2.31. The second kappa shape index (κ2) is 3.89. The van der Waals surface area contributed by atoms with Gasteiger partial charge in [0, 0.05) is 12.1 Å². The van der Waals surface area contributed by atoms with Crippen LogP contribution in [-0.2, 0) is 0 Å². The normalized spacial score (nSPS) is 34.2. The number of nitrogens with zero attached hydrogens (tertiary/aromatic N) is 1. The van der Waals surface area contributed by atoms with E-state index in [1.54, 1.807) is 5.56 Å². The van der Waals surface area contributed by atoms with Crippen LogP contribution in [0.5, 0.6) is 0 Å². The summed E-state index contributed by atoms with van der Waals surface area (Å²) in [6.45, 7) is 2.17. The molecule has 0 saturated carbocycles. The molecule has 3 atom stereocenters. The highest BCUT2D eigenvalue weighted by Crippen LogP contribution is 2.41. The Kier molecular flexibility index (Phi) is 2.51. The molecule has 2 aliphatic heterocycles. The summed E-state index contributed by atoms with van der Waals surface area (Å²) in [4.78, 5) is 2.62. The summed E-state index contributed by atoms with van der Waals surface area (Å²) in [5, 5.41) is 0. The zero-order valence-corrected chi connectivity index (χ0v) is 10.3. The Morgan fingerprint density at radius 2 is 1.56 bits per heavy atom. The van der Waals surface area contributed by atoms with Crippen molar-refractivity contribution in [2.24, 2.45) is 0 Å². The molecule has 2 heterocycles. The lowest BCUT2D eigenvalue weighted by molar-refractivity contribution is 0.161. The standard InChI is InChI=1S/C15H21N/c1-11-3-5-12(6-4-11)13-9-14-7-8-15(10-13)16(14)2/h3-6,13-15H,7-10H2,1-2H3/t13?,14-,15?/m1/s1. The summed E-state index contributed by atoms with van der Waals surface area (Å²) in [6.07, 6.45) is 5.58. The first-order valence-electron chi connectivity index (χ1n) is 6.52. The largest absolute Gasteiger partial charge is 0.300 e. The van der Waals surface area contributed by atoms with Crippen LogP contribution in [-0.4, -0.2) is 24.0 Å². The Morgan fingerprint density at radius 1 is 1.00 bits per heavy atom. The first kappa shape index (κ1) is 10.3. The topological polar surface area (TPSA) is 3.24 Å². The van der Waals surface area contributed by atoms with Crippen molar-refractivity contribution in [3.8, 4) is 0 Å². The monoisotopic (exact) mass is 215 g/mol. The molecule has 86 valence electrons. The summed E-state index contributed by atoms with van der Waals surface area (Å²) in [5.41, 5.74) is 2.94. The van der Waals surface area contributed by atoms with Gasteiger partial charge in [0.2, 0.25) is 0 Å². The molecule has 2 saturated heterocycles. The van der Waals surface area contributed by atoms with Crippen LogP contribution in [0, 0.1) is 6.92 Å². The molecule has 3 rings (SSSR count). The van der Waals surface area contributed by atoms with Crippen LogP contribution >= 0.6 is 0 Å². The minimum absolute atomic E-state index is 0.814. The zero-order chi connectivity index (χ0) is 11.1. The molecule has 1 heteroatoms. The van der Waals surface area contributed by atoms with Crippen molar-refractivity contribution in [1.29, 1.82) is 0 Å². The molecule has 1 aromatic carbocycles. The third kappa shape index (κ3) is 1.67. The van der Waals surface area contributed by atoms with Crippen molar-refractivity contribution >= 4 is 0 Å². The van der Waals surface area contributed by atoms with E-state index in [9.17, 15) is 0 Å². The van der Waals surface area contributed by atoms with Crippen LogP contribution in [0.25, 0.3) is 0 Å². The molecular weight excluding hydrogens is 194 g/mol. The fourth-order valence-corrected chi connectivity index (χ4v) is 3.52. The van der Waals surface area contributed by atoms with E-state index >= 15 is 0 Å². The lowest BCUT2D eigenvalue weighted by Crippen LogP contribution is -2.39. The van der Waals surface area contributed by atoms with E-state index < -0.39 is 0 Å². The quantitative estimate of drug-likeness (QED) is 0.694. The van der Waals surface area contributed by atoms with E-state index in [1.807, 2.05) is 0 Å².